The summed E-state index contributed by atoms with van der Waals surface area (Å²) in [6, 6.07) is 30.9. The summed E-state index contributed by atoms with van der Waals surface area (Å²) < 4.78 is 12.2. The molecule has 1 fully saturated rings. The van der Waals surface area contributed by atoms with Gasteiger partial charge in [0.25, 0.3) is 5.91 Å². The van der Waals surface area contributed by atoms with Crippen molar-refractivity contribution in [3.63, 3.8) is 0 Å². The van der Waals surface area contributed by atoms with Crippen molar-refractivity contribution >= 4 is 68.8 Å². The van der Waals surface area contributed by atoms with E-state index >= 15 is 0 Å². The van der Waals surface area contributed by atoms with Gasteiger partial charge < -0.3 is 9.47 Å². The zero-order chi connectivity index (χ0) is 27.2. The second kappa shape index (κ2) is 12.7. The van der Waals surface area contributed by atoms with Crippen LogP contribution in [-0.2, 0) is 17.9 Å². The van der Waals surface area contributed by atoms with E-state index in [4.69, 9.17) is 26.1 Å². The monoisotopic (exact) mass is 666 g/mol. The summed E-state index contributed by atoms with van der Waals surface area (Å²) in [6.45, 7) is 0.857. The third-order valence-corrected chi connectivity index (χ3v) is 8.03. The second-order valence-corrected chi connectivity index (χ2v) is 11.3. The summed E-state index contributed by atoms with van der Waals surface area (Å²) in [6.07, 6.45) is 1.91. The zero-order valence-electron chi connectivity index (χ0n) is 21.0. The zero-order valence-corrected chi connectivity index (χ0v) is 24.7. The lowest BCUT2D eigenvalue weighted by molar-refractivity contribution is -0.122. The molecule has 0 saturated carbocycles. The van der Waals surface area contributed by atoms with Gasteiger partial charge in [0, 0.05) is 5.02 Å². The Morgan fingerprint density at radius 1 is 0.949 bits per heavy atom. The van der Waals surface area contributed by atoms with Gasteiger partial charge in [-0.15, -0.1) is 0 Å². The molecule has 0 unspecified atom stereocenters. The lowest BCUT2D eigenvalue weighted by Gasteiger charge is -2.16. The molecule has 39 heavy (non-hydrogen) atoms. The molecule has 0 aliphatic carbocycles. The molecule has 0 aromatic heterocycles. The van der Waals surface area contributed by atoms with E-state index in [1.807, 2.05) is 103 Å². The van der Waals surface area contributed by atoms with Gasteiger partial charge in [-0.05, 0) is 106 Å². The number of ether oxygens (including phenoxy) is 2. The maximum Gasteiger partial charge on any atom is 0.267 e. The molecule has 1 heterocycles. The molecule has 0 bridgehead atoms. The lowest BCUT2D eigenvalue weighted by atomic mass is 10.2. The van der Waals surface area contributed by atoms with Crippen LogP contribution in [0.1, 0.15) is 16.7 Å². The van der Waals surface area contributed by atoms with Crippen LogP contribution in [0.3, 0.4) is 0 Å². The van der Waals surface area contributed by atoms with Crippen molar-refractivity contribution in [2.24, 2.45) is 4.99 Å². The van der Waals surface area contributed by atoms with Gasteiger partial charge in [-0.1, -0.05) is 60.1 Å². The first-order valence-electron chi connectivity index (χ1n) is 12.1. The molecule has 8 heteroatoms. The minimum atomic E-state index is -0.0800. The number of benzene rings is 4. The molecule has 5 nitrogen and oxygen atoms in total. The van der Waals surface area contributed by atoms with Gasteiger partial charge in [0.2, 0.25) is 0 Å². The molecule has 1 aliphatic rings. The van der Waals surface area contributed by atoms with Crippen LogP contribution in [0.25, 0.3) is 6.08 Å². The molecular formula is C31H24ClIN2O3S. The Kier molecular flexibility index (Phi) is 8.91. The molecular weight excluding hydrogens is 643 g/mol. The van der Waals surface area contributed by atoms with Crippen LogP contribution >= 0.6 is 46.0 Å². The first kappa shape index (κ1) is 27.3. The fourth-order valence-corrected chi connectivity index (χ4v) is 5.69. The van der Waals surface area contributed by atoms with Crippen molar-refractivity contribution in [3.8, 4) is 11.5 Å². The summed E-state index contributed by atoms with van der Waals surface area (Å²) >= 11 is 9.61. The fourth-order valence-electron chi connectivity index (χ4n) is 3.87. The molecule has 0 spiro atoms. The Hall–Kier alpha value is -3.27. The number of para-hydroxylation sites is 1. The average molecular weight is 667 g/mol. The summed E-state index contributed by atoms with van der Waals surface area (Å²) in [7, 11) is 1.64. The highest BCUT2D eigenvalue weighted by Gasteiger charge is 2.33. The Balaban J connectivity index is 1.37. The standard InChI is InChI=1S/C31H24ClIN2O3S/c1-37-26-14-9-21(10-15-26)19-35-30(36)29(39-31(35)34-25-5-3-2-4-6-25)18-23-11-16-28(27(33)17-23)38-20-22-7-12-24(32)13-8-22/h2-18H,19-20H2,1H3/b29-18-,34-31?. The van der Waals surface area contributed by atoms with E-state index in [1.54, 1.807) is 12.0 Å². The molecule has 4 aromatic rings. The molecule has 1 aliphatic heterocycles. The molecule has 196 valence electrons. The van der Waals surface area contributed by atoms with E-state index in [-0.39, 0.29) is 5.91 Å². The Morgan fingerprint density at radius 2 is 1.67 bits per heavy atom. The molecule has 4 aromatic carbocycles. The van der Waals surface area contributed by atoms with Crippen LogP contribution in [0.5, 0.6) is 11.5 Å². The Morgan fingerprint density at radius 3 is 2.36 bits per heavy atom. The maximum atomic E-state index is 13.6. The molecule has 1 saturated heterocycles. The number of thioether (sulfide) groups is 1. The van der Waals surface area contributed by atoms with Gasteiger partial charge in [-0.2, -0.15) is 0 Å². The number of aliphatic imine (C=N–C) groups is 1. The van der Waals surface area contributed by atoms with Gasteiger partial charge in [0.15, 0.2) is 5.17 Å². The number of rotatable bonds is 8. The number of hydrogen-bond donors (Lipinski definition) is 0. The number of amidine groups is 1. The van der Waals surface area contributed by atoms with Crippen LogP contribution in [-0.4, -0.2) is 23.1 Å². The Bertz CT molecular complexity index is 1520. The summed E-state index contributed by atoms with van der Waals surface area (Å²) in [5, 5.41) is 1.34. The van der Waals surface area contributed by atoms with Crippen molar-refractivity contribution in [3.05, 3.63) is 127 Å². The van der Waals surface area contributed by atoms with Gasteiger partial charge >= 0.3 is 0 Å². The van der Waals surface area contributed by atoms with Crippen LogP contribution in [0, 0.1) is 3.57 Å². The van der Waals surface area contributed by atoms with Gasteiger partial charge in [-0.3, -0.25) is 9.69 Å². The largest absolute Gasteiger partial charge is 0.497 e. The van der Waals surface area contributed by atoms with Crippen molar-refractivity contribution in [2.75, 3.05) is 7.11 Å². The van der Waals surface area contributed by atoms with Gasteiger partial charge in [0.05, 0.1) is 27.8 Å². The van der Waals surface area contributed by atoms with E-state index in [0.717, 1.165) is 37.4 Å². The van der Waals surface area contributed by atoms with E-state index in [1.165, 1.54) is 11.8 Å². The topological polar surface area (TPSA) is 51.1 Å². The van der Waals surface area contributed by atoms with Crippen LogP contribution in [0.4, 0.5) is 5.69 Å². The number of amides is 1. The average Bonchev–Trinajstić information content (AvgIpc) is 3.23. The number of methoxy groups -OCH3 is 1. The molecule has 0 radical (unpaired) electrons. The van der Waals surface area contributed by atoms with E-state index in [9.17, 15) is 4.79 Å². The van der Waals surface area contributed by atoms with E-state index in [2.05, 4.69) is 22.6 Å². The first-order chi connectivity index (χ1) is 19.0. The second-order valence-electron chi connectivity index (χ2n) is 8.68. The van der Waals surface area contributed by atoms with Crippen molar-refractivity contribution in [1.29, 1.82) is 0 Å². The van der Waals surface area contributed by atoms with Crippen molar-refractivity contribution < 1.29 is 14.3 Å². The predicted molar refractivity (Wildman–Crippen MR) is 168 cm³/mol. The molecule has 0 atom stereocenters. The fraction of sp³-hybridized carbons (Fsp3) is 0.0968. The van der Waals surface area contributed by atoms with Crippen molar-refractivity contribution in [2.45, 2.75) is 13.2 Å². The Labute approximate surface area is 250 Å². The minimum absolute atomic E-state index is 0.0800. The third kappa shape index (κ3) is 7.03. The smallest absolute Gasteiger partial charge is 0.267 e. The van der Waals surface area contributed by atoms with E-state index in [0.29, 0.717) is 28.2 Å². The van der Waals surface area contributed by atoms with Crippen LogP contribution < -0.4 is 9.47 Å². The highest BCUT2D eigenvalue weighted by Crippen LogP contribution is 2.36. The van der Waals surface area contributed by atoms with Crippen LogP contribution in [0.15, 0.2) is 107 Å². The van der Waals surface area contributed by atoms with Gasteiger partial charge in [0.1, 0.15) is 18.1 Å². The number of nitrogens with zero attached hydrogens (tertiary/aromatic N) is 2. The predicted octanol–water partition coefficient (Wildman–Crippen LogP) is 8.34. The SMILES string of the molecule is COc1ccc(CN2C(=O)/C(=C/c3ccc(OCc4ccc(Cl)cc4)c(I)c3)SC2=Nc2ccccc2)cc1. The summed E-state index contributed by atoms with van der Waals surface area (Å²) in [5.41, 5.74) is 3.74. The van der Waals surface area contributed by atoms with E-state index < -0.39 is 0 Å². The highest BCUT2D eigenvalue weighted by atomic mass is 127. The highest BCUT2D eigenvalue weighted by molar-refractivity contribution is 14.1. The van der Waals surface area contributed by atoms with Gasteiger partial charge in [-0.25, -0.2) is 4.99 Å². The maximum absolute atomic E-state index is 13.6. The summed E-state index contributed by atoms with van der Waals surface area (Å²) in [4.78, 5) is 20.7. The third-order valence-electron chi connectivity index (χ3n) is 5.93. The molecule has 1 amide bonds. The quantitative estimate of drug-likeness (QED) is 0.140. The van der Waals surface area contributed by atoms with Crippen LogP contribution in [0.2, 0.25) is 5.02 Å². The number of carbonyl (C=O) groups is 1. The first-order valence-corrected chi connectivity index (χ1v) is 14.4. The normalized spacial score (nSPS) is 15.3. The lowest BCUT2D eigenvalue weighted by Crippen LogP contribution is -2.28. The molecule has 0 N–H and O–H groups in total. The number of halogens is 2. The summed E-state index contributed by atoms with van der Waals surface area (Å²) in [5.74, 6) is 1.48. The number of carbonyl (C=O) groups excluding carboxylic acids is 1. The molecule has 5 rings (SSSR count). The van der Waals surface area contributed by atoms with Crippen molar-refractivity contribution in [1.82, 2.24) is 4.90 Å². The number of hydrogen-bond acceptors (Lipinski definition) is 5. The minimum Gasteiger partial charge on any atom is -0.497 e.